The molecule has 5 heteroatoms. The van der Waals surface area contributed by atoms with Crippen molar-refractivity contribution in [3.63, 3.8) is 0 Å². The van der Waals surface area contributed by atoms with E-state index in [4.69, 9.17) is 10.2 Å². The van der Waals surface area contributed by atoms with Gasteiger partial charge in [-0.15, -0.1) is 11.8 Å². The number of carboxylic acids is 2. The molecule has 1 aromatic carbocycles. The summed E-state index contributed by atoms with van der Waals surface area (Å²) in [7, 11) is 0. The minimum Gasteiger partial charge on any atom is -0.481 e. The molecule has 0 radical (unpaired) electrons. The largest absolute Gasteiger partial charge is 0.481 e. The van der Waals surface area contributed by atoms with Gasteiger partial charge in [0.05, 0.1) is 5.56 Å². The molecule has 0 aliphatic carbocycles. The lowest BCUT2D eigenvalue weighted by Gasteiger charge is -2.09. The van der Waals surface area contributed by atoms with Crippen molar-refractivity contribution in [3.8, 4) is 0 Å². The average Bonchev–Trinajstić information content (AvgIpc) is 2.25. The third-order valence-corrected chi connectivity index (χ3v) is 2.99. The Labute approximate surface area is 97.3 Å². The average molecular weight is 240 g/mol. The lowest BCUT2D eigenvalue weighted by molar-refractivity contribution is -0.136. The van der Waals surface area contributed by atoms with Crippen molar-refractivity contribution in [3.05, 3.63) is 29.3 Å². The van der Waals surface area contributed by atoms with E-state index >= 15 is 0 Å². The third kappa shape index (κ3) is 3.00. The molecule has 1 rings (SSSR count). The number of hydrogen-bond donors (Lipinski definition) is 2. The molecule has 4 nitrogen and oxygen atoms in total. The Balaban J connectivity index is 3.09. The van der Waals surface area contributed by atoms with Gasteiger partial charge in [-0.2, -0.15) is 0 Å². The molecule has 0 saturated carbocycles. The van der Waals surface area contributed by atoms with Crippen LogP contribution in [0, 0.1) is 0 Å². The topological polar surface area (TPSA) is 74.6 Å². The van der Waals surface area contributed by atoms with Crippen LogP contribution in [-0.2, 0) is 11.2 Å². The molecule has 0 aliphatic heterocycles. The summed E-state index contributed by atoms with van der Waals surface area (Å²) in [4.78, 5) is 22.3. The summed E-state index contributed by atoms with van der Waals surface area (Å²) in [6.45, 7) is 0. The first-order valence-electron chi connectivity index (χ1n) is 4.67. The fourth-order valence-electron chi connectivity index (χ4n) is 1.45. The van der Waals surface area contributed by atoms with Crippen molar-refractivity contribution in [2.24, 2.45) is 0 Å². The van der Waals surface area contributed by atoms with Crippen molar-refractivity contribution in [2.45, 2.75) is 17.7 Å². The first kappa shape index (κ1) is 12.6. The van der Waals surface area contributed by atoms with Crippen LogP contribution in [0.25, 0.3) is 0 Å². The Kier molecular flexibility index (Phi) is 4.37. The number of rotatable bonds is 5. The maximum atomic E-state index is 11.0. The van der Waals surface area contributed by atoms with Crippen LogP contribution in [0.1, 0.15) is 22.3 Å². The highest BCUT2D eigenvalue weighted by Crippen LogP contribution is 2.25. The zero-order valence-corrected chi connectivity index (χ0v) is 9.58. The van der Waals surface area contributed by atoms with Gasteiger partial charge in [-0.25, -0.2) is 4.79 Å². The van der Waals surface area contributed by atoms with Crippen molar-refractivity contribution in [2.75, 3.05) is 6.26 Å². The molecule has 0 heterocycles. The summed E-state index contributed by atoms with van der Waals surface area (Å²) >= 11 is 1.42. The number of hydrogen-bond acceptors (Lipinski definition) is 3. The van der Waals surface area contributed by atoms with Gasteiger partial charge in [0.1, 0.15) is 0 Å². The van der Waals surface area contributed by atoms with Gasteiger partial charge in [0.15, 0.2) is 0 Å². The van der Waals surface area contributed by atoms with Crippen LogP contribution < -0.4 is 0 Å². The standard InChI is InChI=1S/C11H12O4S/c1-16-9-4-2-3-8(11(14)15)7(9)5-6-10(12)13/h2-4H,5-6H2,1H3,(H,12,13)(H,14,15). The van der Waals surface area contributed by atoms with Crippen LogP contribution in [0.2, 0.25) is 0 Å². The highest BCUT2D eigenvalue weighted by atomic mass is 32.2. The van der Waals surface area contributed by atoms with E-state index in [1.165, 1.54) is 17.8 Å². The molecule has 1 aromatic rings. The molecule has 0 fully saturated rings. The summed E-state index contributed by atoms with van der Waals surface area (Å²) in [5.41, 5.74) is 0.790. The SMILES string of the molecule is CSc1cccc(C(=O)O)c1CCC(=O)O. The fourth-order valence-corrected chi connectivity index (χ4v) is 2.12. The van der Waals surface area contributed by atoms with Gasteiger partial charge >= 0.3 is 11.9 Å². The molecule has 16 heavy (non-hydrogen) atoms. The zero-order valence-electron chi connectivity index (χ0n) is 8.77. The Morgan fingerprint density at radius 3 is 2.50 bits per heavy atom. The lowest BCUT2D eigenvalue weighted by atomic mass is 10.0. The molecule has 0 atom stereocenters. The molecule has 0 saturated heterocycles. The van der Waals surface area contributed by atoms with E-state index in [1.54, 1.807) is 12.1 Å². The highest BCUT2D eigenvalue weighted by Gasteiger charge is 2.14. The van der Waals surface area contributed by atoms with E-state index in [-0.39, 0.29) is 18.4 Å². The maximum Gasteiger partial charge on any atom is 0.336 e. The quantitative estimate of drug-likeness (QED) is 0.771. The molecule has 86 valence electrons. The van der Waals surface area contributed by atoms with Gasteiger partial charge in [0.25, 0.3) is 0 Å². The van der Waals surface area contributed by atoms with E-state index in [0.29, 0.717) is 5.56 Å². The normalized spacial score (nSPS) is 10.1. The number of aromatic carboxylic acids is 1. The summed E-state index contributed by atoms with van der Waals surface area (Å²) in [5.74, 6) is -1.94. The predicted molar refractivity (Wildman–Crippen MR) is 61.1 cm³/mol. The Hall–Kier alpha value is -1.49. The van der Waals surface area contributed by atoms with Gasteiger partial charge in [0.2, 0.25) is 0 Å². The van der Waals surface area contributed by atoms with Gasteiger partial charge < -0.3 is 10.2 Å². The highest BCUT2D eigenvalue weighted by molar-refractivity contribution is 7.98. The van der Waals surface area contributed by atoms with Crippen molar-refractivity contribution in [1.29, 1.82) is 0 Å². The second-order valence-electron chi connectivity index (χ2n) is 3.19. The summed E-state index contributed by atoms with van der Waals surface area (Å²) < 4.78 is 0. The van der Waals surface area contributed by atoms with E-state index in [9.17, 15) is 9.59 Å². The molecule has 0 aliphatic rings. The number of carbonyl (C=O) groups is 2. The second-order valence-corrected chi connectivity index (χ2v) is 4.03. The lowest BCUT2D eigenvalue weighted by Crippen LogP contribution is -2.06. The number of aliphatic carboxylic acids is 1. The van der Waals surface area contributed by atoms with E-state index in [2.05, 4.69) is 0 Å². The van der Waals surface area contributed by atoms with Crippen LogP contribution in [0.3, 0.4) is 0 Å². The number of thioether (sulfide) groups is 1. The molecule has 2 N–H and O–H groups in total. The van der Waals surface area contributed by atoms with Crippen LogP contribution in [0.4, 0.5) is 0 Å². The van der Waals surface area contributed by atoms with Crippen LogP contribution >= 0.6 is 11.8 Å². The van der Waals surface area contributed by atoms with Gasteiger partial charge in [0, 0.05) is 11.3 Å². The predicted octanol–water partition coefficient (Wildman–Crippen LogP) is 2.12. The monoisotopic (exact) mass is 240 g/mol. The van der Waals surface area contributed by atoms with Crippen LogP contribution in [0.5, 0.6) is 0 Å². The van der Waals surface area contributed by atoms with Crippen molar-refractivity contribution < 1.29 is 19.8 Å². The molecule has 0 spiro atoms. The van der Waals surface area contributed by atoms with Crippen LogP contribution in [0.15, 0.2) is 23.1 Å². The summed E-state index contributed by atoms with van der Waals surface area (Å²) in [6, 6.07) is 4.97. The van der Waals surface area contributed by atoms with Crippen molar-refractivity contribution in [1.82, 2.24) is 0 Å². The molecule has 0 amide bonds. The number of benzene rings is 1. The molecular formula is C11H12O4S. The van der Waals surface area contributed by atoms with Gasteiger partial charge in [-0.05, 0) is 30.4 Å². The molecule has 0 aromatic heterocycles. The Morgan fingerprint density at radius 1 is 1.31 bits per heavy atom. The number of carboxylic acid groups (broad SMARTS) is 2. The van der Waals surface area contributed by atoms with E-state index < -0.39 is 11.9 Å². The van der Waals surface area contributed by atoms with Crippen molar-refractivity contribution >= 4 is 23.7 Å². The summed E-state index contributed by atoms with van der Waals surface area (Å²) in [5, 5.41) is 17.6. The van der Waals surface area contributed by atoms with Gasteiger partial charge in [-0.1, -0.05) is 6.07 Å². The fraction of sp³-hybridized carbons (Fsp3) is 0.273. The molecule has 0 unspecified atom stereocenters. The van der Waals surface area contributed by atoms with E-state index in [0.717, 1.165) is 4.90 Å². The molecular weight excluding hydrogens is 228 g/mol. The molecule has 0 bridgehead atoms. The third-order valence-electron chi connectivity index (χ3n) is 2.17. The first-order valence-corrected chi connectivity index (χ1v) is 5.89. The Bertz CT molecular complexity index is 414. The van der Waals surface area contributed by atoms with Crippen LogP contribution in [-0.4, -0.2) is 28.4 Å². The Morgan fingerprint density at radius 2 is 2.00 bits per heavy atom. The zero-order chi connectivity index (χ0) is 12.1. The smallest absolute Gasteiger partial charge is 0.336 e. The summed E-state index contributed by atoms with van der Waals surface area (Å²) in [6.07, 6.45) is 2.02. The van der Waals surface area contributed by atoms with E-state index in [1.807, 2.05) is 6.26 Å². The minimum atomic E-state index is -1.02. The minimum absolute atomic E-state index is 0.0577. The second kappa shape index (κ2) is 5.55. The van der Waals surface area contributed by atoms with Gasteiger partial charge in [-0.3, -0.25) is 4.79 Å². The first-order chi connectivity index (χ1) is 7.56. The maximum absolute atomic E-state index is 11.0.